The molecule has 0 amide bonds. The molecule has 1 heterocycles. The summed E-state index contributed by atoms with van der Waals surface area (Å²) >= 11 is 10.6. The number of hydrogen-bond acceptors (Lipinski definition) is 4. The maximum atomic E-state index is 11.7. The van der Waals surface area contributed by atoms with Crippen LogP contribution < -0.4 is 5.32 Å². The Morgan fingerprint density at radius 3 is 2.80 bits per heavy atom. The number of carboxylic acids is 1. The first-order valence-electron chi connectivity index (χ1n) is 7.90. The predicted molar refractivity (Wildman–Crippen MR) is 105 cm³/mol. The number of pyridine rings is 1. The summed E-state index contributed by atoms with van der Waals surface area (Å²) < 4.78 is 0. The Labute approximate surface area is 156 Å². The lowest BCUT2D eigenvalue weighted by Gasteiger charge is -2.15. The van der Waals surface area contributed by atoms with Crippen LogP contribution in [0.3, 0.4) is 0 Å². The fourth-order valence-corrected chi connectivity index (χ4v) is 3.15. The number of carbonyl (C=O) groups is 1. The first-order chi connectivity index (χ1) is 12.0. The molecule has 4 nitrogen and oxygen atoms in total. The Kier molecular flexibility index (Phi) is 5.16. The Balaban J connectivity index is 2.11. The third kappa shape index (κ3) is 3.72. The van der Waals surface area contributed by atoms with E-state index in [0.717, 1.165) is 29.3 Å². The highest BCUT2D eigenvalue weighted by atomic mass is 35.5. The molecule has 3 aromatic rings. The molecule has 3 rings (SSSR count). The van der Waals surface area contributed by atoms with Gasteiger partial charge < -0.3 is 10.4 Å². The lowest BCUT2D eigenvalue weighted by atomic mass is 10.0. The molecule has 0 saturated carbocycles. The van der Waals surface area contributed by atoms with Gasteiger partial charge in [-0.25, -0.2) is 4.79 Å². The number of carboxylic acid groups (broad SMARTS) is 1. The van der Waals surface area contributed by atoms with Gasteiger partial charge in [-0.1, -0.05) is 31.0 Å². The van der Waals surface area contributed by atoms with Crippen molar-refractivity contribution in [2.24, 2.45) is 0 Å². The summed E-state index contributed by atoms with van der Waals surface area (Å²) in [5, 5.41) is 14.1. The van der Waals surface area contributed by atoms with Gasteiger partial charge in [0.25, 0.3) is 0 Å². The molecule has 0 saturated heterocycles. The number of aromatic nitrogens is 1. The van der Waals surface area contributed by atoms with E-state index < -0.39 is 5.97 Å². The number of nitrogens with zero attached hydrogens (tertiary/aromatic N) is 1. The monoisotopic (exact) mass is 372 g/mol. The summed E-state index contributed by atoms with van der Waals surface area (Å²) in [4.78, 5) is 16.6. The van der Waals surface area contributed by atoms with Gasteiger partial charge in [-0.2, -0.15) is 0 Å². The van der Waals surface area contributed by atoms with Crippen LogP contribution in [0, 0.1) is 0 Å². The molecule has 0 fully saturated rings. The van der Waals surface area contributed by atoms with Crippen LogP contribution in [0.25, 0.3) is 10.9 Å². The van der Waals surface area contributed by atoms with Gasteiger partial charge in [0.1, 0.15) is 0 Å². The van der Waals surface area contributed by atoms with Crippen LogP contribution in [0.15, 0.2) is 47.5 Å². The number of aromatic carboxylic acids is 1. The second-order valence-electron chi connectivity index (χ2n) is 5.74. The highest BCUT2D eigenvalue weighted by Crippen LogP contribution is 2.34. The fraction of sp³-hybridized carbons (Fsp3) is 0.158. The van der Waals surface area contributed by atoms with Gasteiger partial charge in [-0.15, -0.1) is 12.6 Å². The van der Waals surface area contributed by atoms with E-state index in [1.165, 1.54) is 0 Å². The molecule has 0 atom stereocenters. The van der Waals surface area contributed by atoms with Crippen molar-refractivity contribution in [3.05, 3.63) is 58.7 Å². The fourth-order valence-electron chi connectivity index (χ4n) is 2.74. The number of halogens is 1. The zero-order valence-electron chi connectivity index (χ0n) is 13.6. The Morgan fingerprint density at radius 1 is 1.28 bits per heavy atom. The molecule has 25 heavy (non-hydrogen) atoms. The van der Waals surface area contributed by atoms with Gasteiger partial charge in [0.15, 0.2) is 0 Å². The van der Waals surface area contributed by atoms with E-state index in [2.05, 4.69) is 29.9 Å². The van der Waals surface area contributed by atoms with Crippen LogP contribution in [-0.4, -0.2) is 16.1 Å². The Hall–Kier alpha value is -2.24. The quantitative estimate of drug-likeness (QED) is 0.512. The number of rotatable bonds is 5. The number of fused-ring (bicyclic) bond motifs is 1. The molecule has 0 bridgehead atoms. The summed E-state index contributed by atoms with van der Waals surface area (Å²) in [6.45, 7) is 2.06. The number of benzene rings is 2. The van der Waals surface area contributed by atoms with Crippen LogP contribution in [0.4, 0.5) is 11.4 Å². The van der Waals surface area contributed by atoms with E-state index in [1.54, 1.807) is 30.5 Å². The van der Waals surface area contributed by atoms with Crippen LogP contribution in [0.2, 0.25) is 5.02 Å². The largest absolute Gasteiger partial charge is 0.478 e. The number of nitrogens with one attached hydrogen (secondary N) is 1. The summed E-state index contributed by atoms with van der Waals surface area (Å²) in [5.74, 6) is -0.974. The maximum Gasteiger partial charge on any atom is 0.337 e. The zero-order chi connectivity index (χ0) is 18.0. The topological polar surface area (TPSA) is 62.2 Å². The van der Waals surface area contributed by atoms with E-state index in [1.807, 2.05) is 12.1 Å². The van der Waals surface area contributed by atoms with Crippen molar-refractivity contribution in [3.63, 3.8) is 0 Å². The molecule has 2 aromatic carbocycles. The summed E-state index contributed by atoms with van der Waals surface area (Å²) in [5.41, 5.74) is 3.17. The molecule has 0 aliphatic rings. The molecule has 1 aromatic heterocycles. The van der Waals surface area contributed by atoms with E-state index in [4.69, 9.17) is 11.6 Å². The van der Waals surface area contributed by atoms with Gasteiger partial charge in [0.05, 0.1) is 22.5 Å². The summed E-state index contributed by atoms with van der Waals surface area (Å²) in [6, 6.07) is 10.8. The average molecular weight is 373 g/mol. The SMILES string of the molecule is CCCc1ccc(Nc2c(S)cnc3ccc(Cl)cc23)c(C(=O)O)c1. The third-order valence-electron chi connectivity index (χ3n) is 3.92. The third-order valence-corrected chi connectivity index (χ3v) is 4.50. The number of hydrogen-bond donors (Lipinski definition) is 3. The van der Waals surface area contributed by atoms with E-state index in [-0.39, 0.29) is 5.56 Å². The molecule has 0 spiro atoms. The molecule has 2 N–H and O–H groups in total. The summed E-state index contributed by atoms with van der Waals surface area (Å²) in [6.07, 6.45) is 3.43. The van der Waals surface area contributed by atoms with Crippen molar-refractivity contribution >= 4 is 52.5 Å². The minimum atomic E-state index is -0.974. The maximum absolute atomic E-state index is 11.7. The lowest BCUT2D eigenvalue weighted by Crippen LogP contribution is -2.05. The second kappa shape index (κ2) is 7.33. The zero-order valence-corrected chi connectivity index (χ0v) is 15.2. The van der Waals surface area contributed by atoms with Crippen LogP contribution in [-0.2, 0) is 6.42 Å². The van der Waals surface area contributed by atoms with E-state index in [9.17, 15) is 9.90 Å². The van der Waals surface area contributed by atoms with E-state index >= 15 is 0 Å². The molecule has 0 radical (unpaired) electrons. The van der Waals surface area contributed by atoms with Crippen molar-refractivity contribution in [1.29, 1.82) is 0 Å². The van der Waals surface area contributed by atoms with Crippen molar-refractivity contribution in [1.82, 2.24) is 4.98 Å². The Morgan fingerprint density at radius 2 is 2.08 bits per heavy atom. The highest BCUT2D eigenvalue weighted by Gasteiger charge is 2.14. The predicted octanol–water partition coefficient (Wildman–Crippen LogP) is 5.57. The number of thiol groups is 1. The first-order valence-corrected chi connectivity index (χ1v) is 8.72. The minimum Gasteiger partial charge on any atom is -0.478 e. The van der Waals surface area contributed by atoms with Crippen molar-refractivity contribution in [2.45, 2.75) is 24.7 Å². The van der Waals surface area contributed by atoms with Crippen LogP contribution in [0.5, 0.6) is 0 Å². The van der Waals surface area contributed by atoms with Crippen LogP contribution in [0.1, 0.15) is 29.3 Å². The molecule has 0 aliphatic carbocycles. The molecule has 128 valence electrons. The van der Waals surface area contributed by atoms with Gasteiger partial charge in [0.2, 0.25) is 0 Å². The van der Waals surface area contributed by atoms with Crippen molar-refractivity contribution in [2.75, 3.05) is 5.32 Å². The molecule has 6 heteroatoms. The minimum absolute atomic E-state index is 0.227. The number of aryl methyl sites for hydroxylation is 1. The number of anilines is 2. The smallest absolute Gasteiger partial charge is 0.337 e. The van der Waals surface area contributed by atoms with Gasteiger partial charge >= 0.3 is 5.97 Å². The van der Waals surface area contributed by atoms with Crippen molar-refractivity contribution in [3.8, 4) is 0 Å². The highest BCUT2D eigenvalue weighted by molar-refractivity contribution is 7.80. The summed E-state index contributed by atoms with van der Waals surface area (Å²) in [7, 11) is 0. The molecule has 0 unspecified atom stereocenters. The molecular weight excluding hydrogens is 356 g/mol. The first kappa shape index (κ1) is 17.6. The van der Waals surface area contributed by atoms with Crippen LogP contribution >= 0.6 is 24.2 Å². The second-order valence-corrected chi connectivity index (χ2v) is 6.66. The molecule has 0 aliphatic heterocycles. The lowest BCUT2D eigenvalue weighted by molar-refractivity contribution is 0.0698. The van der Waals surface area contributed by atoms with Gasteiger partial charge in [-0.3, -0.25) is 4.98 Å². The normalized spacial score (nSPS) is 10.8. The van der Waals surface area contributed by atoms with Gasteiger partial charge in [-0.05, 0) is 42.3 Å². The molecular formula is C19H17ClN2O2S. The average Bonchev–Trinajstić information content (AvgIpc) is 2.58. The van der Waals surface area contributed by atoms with E-state index in [0.29, 0.717) is 21.3 Å². The standard InChI is InChI=1S/C19H17ClN2O2S/c1-2-3-11-4-6-16(14(8-11)19(23)24)22-18-13-9-12(20)5-7-15(13)21-10-17(18)25/h4-10,25H,2-3H2,1H3,(H,21,22)(H,23,24). The Bertz CT molecular complexity index is 954. The van der Waals surface area contributed by atoms with Crippen molar-refractivity contribution < 1.29 is 9.90 Å². The van der Waals surface area contributed by atoms with Gasteiger partial charge in [0, 0.05) is 21.5 Å².